The first-order chi connectivity index (χ1) is 7.61. The summed E-state index contributed by atoms with van der Waals surface area (Å²) in [4.78, 5) is 0. The van der Waals surface area contributed by atoms with Crippen LogP contribution < -0.4 is 0 Å². The second kappa shape index (κ2) is 5.99. The largest absolute Gasteiger partial charge is 0.282 e. The van der Waals surface area contributed by atoms with Gasteiger partial charge in [0.1, 0.15) is 0 Å². The highest BCUT2D eigenvalue weighted by Gasteiger charge is 2.00. The van der Waals surface area contributed by atoms with Gasteiger partial charge in [-0.1, -0.05) is 32.9 Å². The third kappa shape index (κ3) is 3.80. The van der Waals surface area contributed by atoms with E-state index in [1.165, 1.54) is 5.69 Å². The Balaban J connectivity index is 0.000000160. The van der Waals surface area contributed by atoms with E-state index in [2.05, 4.69) is 44.7 Å². The molecule has 2 rings (SSSR count). The molecule has 6 nitrogen and oxygen atoms in total. The lowest BCUT2D eigenvalue weighted by Gasteiger charge is -1.95. The van der Waals surface area contributed by atoms with E-state index in [0.717, 1.165) is 5.82 Å². The van der Waals surface area contributed by atoms with Crippen molar-refractivity contribution in [2.45, 2.75) is 39.5 Å². The molecule has 2 aromatic heterocycles. The van der Waals surface area contributed by atoms with Gasteiger partial charge in [-0.05, 0) is 12.0 Å². The summed E-state index contributed by atoms with van der Waals surface area (Å²) in [5, 5.41) is 20.0. The normalized spacial score (nSPS) is 10.4. The van der Waals surface area contributed by atoms with Gasteiger partial charge < -0.3 is 0 Å². The van der Waals surface area contributed by atoms with Crippen molar-refractivity contribution in [3.8, 4) is 0 Å². The SMILES string of the molecule is CC(C)c1ccn[nH]1.CC(C)c1nn[nH]n1. The molecular weight excluding hydrogens is 204 g/mol. The summed E-state index contributed by atoms with van der Waals surface area (Å²) in [5.74, 6) is 1.70. The molecule has 0 amide bonds. The molecule has 16 heavy (non-hydrogen) atoms. The van der Waals surface area contributed by atoms with Crippen LogP contribution in [0.2, 0.25) is 0 Å². The molecule has 0 saturated heterocycles. The van der Waals surface area contributed by atoms with E-state index in [1.807, 2.05) is 19.9 Å². The average molecular weight is 222 g/mol. The minimum absolute atomic E-state index is 0.369. The molecular formula is C10H18N6. The zero-order valence-corrected chi connectivity index (χ0v) is 10.1. The van der Waals surface area contributed by atoms with Crippen molar-refractivity contribution in [2.75, 3.05) is 0 Å². The number of H-pyrrole nitrogens is 2. The van der Waals surface area contributed by atoms with Gasteiger partial charge in [-0.25, -0.2) is 0 Å². The molecule has 0 radical (unpaired) electrons. The van der Waals surface area contributed by atoms with Crippen molar-refractivity contribution in [1.82, 2.24) is 30.8 Å². The van der Waals surface area contributed by atoms with Crippen LogP contribution in [0.15, 0.2) is 12.3 Å². The summed E-state index contributed by atoms with van der Waals surface area (Å²) < 4.78 is 0. The summed E-state index contributed by atoms with van der Waals surface area (Å²) in [6.45, 7) is 8.30. The predicted octanol–water partition coefficient (Wildman–Crippen LogP) is 1.86. The van der Waals surface area contributed by atoms with E-state index in [0.29, 0.717) is 11.8 Å². The molecule has 0 aliphatic heterocycles. The van der Waals surface area contributed by atoms with Gasteiger partial charge >= 0.3 is 0 Å². The van der Waals surface area contributed by atoms with Gasteiger partial charge in [0.05, 0.1) is 0 Å². The smallest absolute Gasteiger partial charge is 0.177 e. The molecule has 6 heteroatoms. The number of tetrazole rings is 1. The molecule has 0 bridgehead atoms. The molecule has 2 N–H and O–H groups in total. The molecule has 0 fully saturated rings. The quantitative estimate of drug-likeness (QED) is 0.812. The number of aromatic nitrogens is 6. The molecule has 2 aromatic rings. The summed E-state index contributed by atoms with van der Waals surface area (Å²) >= 11 is 0. The van der Waals surface area contributed by atoms with Crippen molar-refractivity contribution < 1.29 is 0 Å². The lowest BCUT2D eigenvalue weighted by molar-refractivity contribution is 0.778. The molecule has 0 aromatic carbocycles. The maximum Gasteiger partial charge on any atom is 0.177 e. The molecule has 0 atom stereocenters. The maximum atomic E-state index is 3.82. The minimum atomic E-state index is 0.369. The van der Waals surface area contributed by atoms with Crippen LogP contribution in [-0.2, 0) is 0 Å². The van der Waals surface area contributed by atoms with E-state index >= 15 is 0 Å². The minimum Gasteiger partial charge on any atom is -0.282 e. The van der Waals surface area contributed by atoms with Gasteiger partial charge in [-0.2, -0.15) is 10.3 Å². The number of hydrogen-bond donors (Lipinski definition) is 2. The van der Waals surface area contributed by atoms with Crippen molar-refractivity contribution in [3.63, 3.8) is 0 Å². The van der Waals surface area contributed by atoms with Gasteiger partial charge in [0.2, 0.25) is 0 Å². The standard InChI is InChI=1S/C6H10N2.C4H8N4/c1-5(2)6-3-4-7-8-6;1-3(2)4-5-7-8-6-4/h3-5H,1-2H3,(H,7,8);3H,1-2H3,(H,5,6,7,8). The Bertz CT molecular complexity index is 324. The highest BCUT2D eigenvalue weighted by Crippen LogP contribution is 2.07. The molecule has 0 aliphatic rings. The number of hydrogen-bond acceptors (Lipinski definition) is 4. The van der Waals surface area contributed by atoms with Gasteiger partial charge in [0, 0.05) is 17.8 Å². The molecule has 0 saturated carbocycles. The number of nitrogens with one attached hydrogen (secondary N) is 2. The molecule has 0 spiro atoms. The molecule has 88 valence electrons. The summed E-state index contributed by atoms with van der Waals surface area (Å²) in [6.07, 6.45) is 1.77. The van der Waals surface area contributed by atoms with E-state index in [9.17, 15) is 0 Å². The van der Waals surface area contributed by atoms with Crippen molar-refractivity contribution in [2.24, 2.45) is 0 Å². The fraction of sp³-hybridized carbons (Fsp3) is 0.600. The third-order valence-corrected chi connectivity index (χ3v) is 2.02. The Morgan fingerprint density at radius 3 is 2.12 bits per heavy atom. The highest BCUT2D eigenvalue weighted by molar-refractivity contribution is 5.01. The van der Waals surface area contributed by atoms with Crippen molar-refractivity contribution in [1.29, 1.82) is 0 Å². The highest BCUT2D eigenvalue weighted by atomic mass is 15.5. The topological polar surface area (TPSA) is 83.1 Å². The predicted molar refractivity (Wildman–Crippen MR) is 60.9 cm³/mol. The van der Waals surface area contributed by atoms with Crippen molar-refractivity contribution >= 4 is 0 Å². The van der Waals surface area contributed by atoms with Crippen molar-refractivity contribution in [3.05, 3.63) is 23.8 Å². The first kappa shape index (κ1) is 12.4. The second-order valence-electron chi connectivity index (χ2n) is 4.09. The summed E-state index contributed by atoms with van der Waals surface area (Å²) in [7, 11) is 0. The molecule has 0 unspecified atom stereocenters. The second-order valence-corrected chi connectivity index (χ2v) is 4.09. The van der Waals surface area contributed by atoms with Crippen LogP contribution in [0.25, 0.3) is 0 Å². The zero-order valence-electron chi connectivity index (χ0n) is 10.1. The zero-order chi connectivity index (χ0) is 12.0. The van der Waals surface area contributed by atoms with Crippen LogP contribution in [0.1, 0.15) is 51.0 Å². The van der Waals surface area contributed by atoms with Gasteiger partial charge in [-0.15, -0.1) is 10.2 Å². The van der Waals surface area contributed by atoms with E-state index < -0.39 is 0 Å². The van der Waals surface area contributed by atoms with E-state index in [1.54, 1.807) is 6.20 Å². The first-order valence-electron chi connectivity index (χ1n) is 5.33. The van der Waals surface area contributed by atoms with Crippen LogP contribution in [-0.4, -0.2) is 30.8 Å². The van der Waals surface area contributed by atoms with Crippen LogP contribution in [0.4, 0.5) is 0 Å². The molecule has 2 heterocycles. The summed E-state index contributed by atoms with van der Waals surface area (Å²) in [5.41, 5.74) is 1.20. The fourth-order valence-corrected chi connectivity index (χ4v) is 1.00. The average Bonchev–Trinajstić information content (AvgIpc) is 2.93. The monoisotopic (exact) mass is 222 g/mol. The number of nitrogens with zero attached hydrogens (tertiary/aromatic N) is 4. The van der Waals surface area contributed by atoms with Gasteiger partial charge in [-0.3, -0.25) is 5.10 Å². The fourth-order valence-electron chi connectivity index (χ4n) is 1.00. The lowest BCUT2D eigenvalue weighted by Crippen LogP contribution is -1.88. The Labute approximate surface area is 94.9 Å². The number of rotatable bonds is 2. The van der Waals surface area contributed by atoms with E-state index in [-0.39, 0.29) is 0 Å². The van der Waals surface area contributed by atoms with Gasteiger partial charge in [0.15, 0.2) is 5.82 Å². The van der Waals surface area contributed by atoms with Crippen LogP contribution in [0, 0.1) is 0 Å². The Morgan fingerprint density at radius 1 is 1.12 bits per heavy atom. The maximum absolute atomic E-state index is 3.82. The van der Waals surface area contributed by atoms with Crippen LogP contribution in [0.3, 0.4) is 0 Å². The number of aromatic amines is 2. The van der Waals surface area contributed by atoms with Crippen LogP contribution >= 0.6 is 0 Å². The van der Waals surface area contributed by atoms with Gasteiger partial charge in [0.25, 0.3) is 0 Å². The van der Waals surface area contributed by atoms with Crippen LogP contribution in [0.5, 0.6) is 0 Å². The lowest BCUT2D eigenvalue weighted by atomic mass is 10.1. The van der Waals surface area contributed by atoms with E-state index in [4.69, 9.17) is 0 Å². The Morgan fingerprint density at radius 2 is 1.88 bits per heavy atom. The Kier molecular flexibility index (Phi) is 4.63. The summed E-state index contributed by atoms with van der Waals surface area (Å²) in [6, 6.07) is 1.99. The first-order valence-corrected chi connectivity index (χ1v) is 5.33. The molecule has 0 aliphatic carbocycles. The third-order valence-electron chi connectivity index (χ3n) is 2.02. The Hall–Kier alpha value is -1.72.